The average Bonchev–Trinajstić information content (AvgIpc) is 2.34. The van der Waals surface area contributed by atoms with E-state index in [1.165, 1.54) is 64.2 Å². The number of allylic oxidation sites excluding steroid dienone is 2. The average molecular weight is 285 g/mol. The molecule has 0 N–H and O–H groups in total. The Labute approximate surface area is 123 Å². The predicted molar refractivity (Wildman–Crippen MR) is 90.3 cm³/mol. The van der Waals surface area contributed by atoms with Crippen molar-refractivity contribution < 1.29 is 4.43 Å². The molecule has 114 valence electrons. The smallest absolute Gasteiger partial charge is 0.183 e. The van der Waals surface area contributed by atoms with Crippen molar-refractivity contribution in [3.05, 3.63) is 12.2 Å². The van der Waals surface area contributed by atoms with Crippen LogP contribution in [0.4, 0.5) is 0 Å². The standard InChI is InChI=1S/C17H36OSi/c1-5-6-7-8-9-10-11-12-13-14-15-16-17-18-19(2,3)4/h6-7H,5,8-17H2,1-4H3. The summed E-state index contributed by atoms with van der Waals surface area (Å²) in [5.41, 5.74) is 0. The van der Waals surface area contributed by atoms with Gasteiger partial charge >= 0.3 is 0 Å². The summed E-state index contributed by atoms with van der Waals surface area (Å²) in [4.78, 5) is 0. The lowest BCUT2D eigenvalue weighted by atomic mass is 10.1. The van der Waals surface area contributed by atoms with Crippen molar-refractivity contribution in [2.24, 2.45) is 0 Å². The van der Waals surface area contributed by atoms with Gasteiger partial charge in [-0.3, -0.25) is 0 Å². The molecule has 0 amide bonds. The summed E-state index contributed by atoms with van der Waals surface area (Å²) in [7, 11) is -1.26. The van der Waals surface area contributed by atoms with Gasteiger partial charge in [0.2, 0.25) is 0 Å². The maximum atomic E-state index is 5.85. The zero-order valence-electron chi connectivity index (χ0n) is 13.8. The number of rotatable bonds is 13. The van der Waals surface area contributed by atoms with E-state index < -0.39 is 8.32 Å². The Balaban J connectivity index is 3.05. The van der Waals surface area contributed by atoms with Gasteiger partial charge in [0, 0.05) is 6.61 Å². The van der Waals surface area contributed by atoms with E-state index in [0.717, 1.165) is 6.61 Å². The number of unbranched alkanes of at least 4 members (excludes halogenated alkanes) is 8. The van der Waals surface area contributed by atoms with Gasteiger partial charge < -0.3 is 4.43 Å². The number of hydrogen-bond acceptors (Lipinski definition) is 1. The fourth-order valence-electron chi connectivity index (χ4n) is 2.09. The van der Waals surface area contributed by atoms with E-state index in [9.17, 15) is 0 Å². The topological polar surface area (TPSA) is 9.23 Å². The Morgan fingerprint density at radius 1 is 0.737 bits per heavy atom. The molecule has 0 aromatic carbocycles. The molecule has 1 nitrogen and oxygen atoms in total. The molecule has 0 aromatic heterocycles. The van der Waals surface area contributed by atoms with Gasteiger partial charge in [-0.2, -0.15) is 0 Å². The molecule has 0 heterocycles. The van der Waals surface area contributed by atoms with E-state index in [1.54, 1.807) is 0 Å². The van der Waals surface area contributed by atoms with E-state index in [-0.39, 0.29) is 0 Å². The third-order valence-corrected chi connectivity index (χ3v) is 4.27. The lowest BCUT2D eigenvalue weighted by Crippen LogP contribution is -2.25. The highest BCUT2D eigenvalue weighted by atomic mass is 28.4. The second kappa shape index (κ2) is 12.9. The van der Waals surface area contributed by atoms with Gasteiger partial charge in [0.25, 0.3) is 0 Å². The molecular weight excluding hydrogens is 248 g/mol. The minimum atomic E-state index is -1.26. The first kappa shape index (κ1) is 18.9. The van der Waals surface area contributed by atoms with Crippen LogP contribution < -0.4 is 0 Å². The normalized spacial score (nSPS) is 12.4. The Bertz CT molecular complexity index is 206. The van der Waals surface area contributed by atoms with Gasteiger partial charge in [0.15, 0.2) is 8.32 Å². The van der Waals surface area contributed by atoms with Gasteiger partial charge in [0.05, 0.1) is 0 Å². The van der Waals surface area contributed by atoms with Crippen LogP contribution in [0.25, 0.3) is 0 Å². The zero-order valence-corrected chi connectivity index (χ0v) is 14.8. The summed E-state index contributed by atoms with van der Waals surface area (Å²) < 4.78 is 5.85. The largest absolute Gasteiger partial charge is 0.418 e. The molecule has 0 aliphatic carbocycles. The number of hydrogen-bond donors (Lipinski definition) is 0. The quantitative estimate of drug-likeness (QED) is 0.218. The lowest BCUT2D eigenvalue weighted by Gasteiger charge is -2.16. The molecule has 0 fully saturated rings. The molecular formula is C17H36OSi. The Morgan fingerprint density at radius 2 is 1.26 bits per heavy atom. The summed E-state index contributed by atoms with van der Waals surface area (Å²) in [6, 6.07) is 0. The molecule has 0 saturated carbocycles. The summed E-state index contributed by atoms with van der Waals surface area (Å²) >= 11 is 0. The van der Waals surface area contributed by atoms with Crippen LogP contribution in [-0.2, 0) is 4.43 Å². The second-order valence-corrected chi connectivity index (χ2v) is 11.0. The lowest BCUT2D eigenvalue weighted by molar-refractivity contribution is 0.298. The van der Waals surface area contributed by atoms with Crippen molar-refractivity contribution in [3.63, 3.8) is 0 Å². The molecule has 0 aliphatic heterocycles. The van der Waals surface area contributed by atoms with Gasteiger partial charge in [0.1, 0.15) is 0 Å². The Morgan fingerprint density at radius 3 is 1.79 bits per heavy atom. The van der Waals surface area contributed by atoms with Crippen LogP contribution in [0.3, 0.4) is 0 Å². The van der Waals surface area contributed by atoms with Gasteiger partial charge in [-0.15, -0.1) is 0 Å². The van der Waals surface area contributed by atoms with E-state index in [1.807, 2.05) is 0 Å². The summed E-state index contributed by atoms with van der Waals surface area (Å²) in [5.74, 6) is 0. The van der Waals surface area contributed by atoms with Crippen molar-refractivity contribution >= 4 is 8.32 Å². The van der Waals surface area contributed by atoms with Crippen LogP contribution in [0.1, 0.15) is 71.1 Å². The van der Waals surface area contributed by atoms with E-state index in [2.05, 4.69) is 38.7 Å². The molecule has 0 unspecified atom stereocenters. The van der Waals surface area contributed by atoms with Crippen LogP contribution in [0, 0.1) is 0 Å². The van der Waals surface area contributed by atoms with Crippen molar-refractivity contribution in [1.82, 2.24) is 0 Å². The van der Waals surface area contributed by atoms with Crippen LogP contribution in [0.2, 0.25) is 19.6 Å². The highest BCUT2D eigenvalue weighted by Crippen LogP contribution is 2.11. The molecule has 0 rings (SSSR count). The van der Waals surface area contributed by atoms with Crippen molar-refractivity contribution in [1.29, 1.82) is 0 Å². The minimum absolute atomic E-state index is 0.986. The van der Waals surface area contributed by atoms with Gasteiger partial charge in [-0.1, -0.05) is 57.6 Å². The minimum Gasteiger partial charge on any atom is -0.418 e. The summed E-state index contributed by atoms with van der Waals surface area (Å²) in [6.07, 6.45) is 18.1. The SMILES string of the molecule is CCC=CCCCCCCCCCCO[Si](C)(C)C. The molecule has 19 heavy (non-hydrogen) atoms. The maximum absolute atomic E-state index is 5.85. The van der Waals surface area contributed by atoms with Crippen LogP contribution in [0.5, 0.6) is 0 Å². The summed E-state index contributed by atoms with van der Waals surface area (Å²) in [5, 5.41) is 0. The molecule has 0 aliphatic rings. The van der Waals surface area contributed by atoms with Crippen LogP contribution >= 0.6 is 0 Å². The maximum Gasteiger partial charge on any atom is 0.183 e. The van der Waals surface area contributed by atoms with E-state index in [0.29, 0.717) is 0 Å². The molecule has 0 saturated heterocycles. The van der Waals surface area contributed by atoms with E-state index in [4.69, 9.17) is 4.43 Å². The van der Waals surface area contributed by atoms with Gasteiger partial charge in [-0.05, 0) is 45.3 Å². The molecule has 0 bridgehead atoms. The molecule has 2 heteroatoms. The highest BCUT2D eigenvalue weighted by Gasteiger charge is 2.12. The third kappa shape index (κ3) is 17.9. The van der Waals surface area contributed by atoms with Gasteiger partial charge in [-0.25, -0.2) is 0 Å². The van der Waals surface area contributed by atoms with Crippen molar-refractivity contribution in [2.45, 2.75) is 90.8 Å². The first-order valence-corrected chi connectivity index (χ1v) is 11.8. The zero-order chi connectivity index (χ0) is 14.4. The molecule has 0 spiro atoms. The Kier molecular flexibility index (Phi) is 12.9. The summed E-state index contributed by atoms with van der Waals surface area (Å²) in [6.45, 7) is 9.98. The van der Waals surface area contributed by atoms with E-state index >= 15 is 0 Å². The molecule has 0 aromatic rings. The molecule has 0 radical (unpaired) electrons. The first-order valence-electron chi connectivity index (χ1n) is 8.35. The second-order valence-electron chi connectivity index (χ2n) is 6.46. The van der Waals surface area contributed by atoms with Crippen LogP contribution in [0.15, 0.2) is 12.2 Å². The van der Waals surface area contributed by atoms with Crippen molar-refractivity contribution in [2.75, 3.05) is 6.61 Å². The fraction of sp³-hybridized carbons (Fsp3) is 0.882. The van der Waals surface area contributed by atoms with Crippen LogP contribution in [-0.4, -0.2) is 14.9 Å². The monoisotopic (exact) mass is 284 g/mol. The third-order valence-electron chi connectivity index (χ3n) is 3.20. The fourth-order valence-corrected chi connectivity index (χ4v) is 2.84. The Hall–Kier alpha value is -0.0831. The highest BCUT2D eigenvalue weighted by molar-refractivity contribution is 6.69. The first-order chi connectivity index (χ1) is 9.06. The van der Waals surface area contributed by atoms with Crippen molar-refractivity contribution in [3.8, 4) is 0 Å². The molecule has 0 atom stereocenters. The predicted octanol–water partition coefficient (Wildman–Crippen LogP) is 6.32.